The van der Waals surface area contributed by atoms with Gasteiger partial charge >= 0.3 is 0 Å². The summed E-state index contributed by atoms with van der Waals surface area (Å²) >= 11 is 6.03. The molecule has 2 aliphatic rings. The van der Waals surface area contributed by atoms with E-state index in [2.05, 4.69) is 10.0 Å². The Kier molecular flexibility index (Phi) is 4.26. The quantitative estimate of drug-likeness (QED) is 0.852. The van der Waals surface area contributed by atoms with Crippen LogP contribution in [0.3, 0.4) is 0 Å². The Balaban J connectivity index is 1.82. The molecular weight excluding hydrogens is 332 g/mol. The molecule has 1 aromatic carbocycles. The van der Waals surface area contributed by atoms with E-state index in [0.717, 1.165) is 12.8 Å². The van der Waals surface area contributed by atoms with Crippen molar-refractivity contribution in [3.63, 3.8) is 0 Å². The van der Waals surface area contributed by atoms with Gasteiger partial charge in [-0.25, -0.2) is 13.1 Å². The molecular formula is C13H15ClN2O5S. The number of fused-ring (bicyclic) bond motifs is 1. The lowest BCUT2D eigenvalue weighted by Crippen LogP contribution is -2.32. The monoisotopic (exact) mass is 346 g/mol. The predicted molar refractivity (Wildman–Crippen MR) is 79.7 cm³/mol. The summed E-state index contributed by atoms with van der Waals surface area (Å²) in [5.41, 5.74) is 0.360. The topological polar surface area (TPSA) is 93.7 Å². The molecule has 1 fully saturated rings. The van der Waals surface area contributed by atoms with Crippen LogP contribution >= 0.6 is 11.6 Å². The highest BCUT2D eigenvalue weighted by Gasteiger charge is 2.26. The van der Waals surface area contributed by atoms with Crippen LogP contribution in [-0.4, -0.2) is 40.2 Å². The van der Waals surface area contributed by atoms with Crippen LogP contribution in [0.1, 0.15) is 12.8 Å². The minimum Gasteiger partial charge on any atom is -0.482 e. The van der Waals surface area contributed by atoms with Crippen LogP contribution in [0.15, 0.2) is 17.0 Å². The summed E-state index contributed by atoms with van der Waals surface area (Å²) in [5.74, 6) is -0.0304. The van der Waals surface area contributed by atoms with Gasteiger partial charge in [-0.05, 0) is 18.9 Å². The molecule has 0 spiro atoms. The number of anilines is 1. The molecule has 0 bridgehead atoms. The maximum absolute atomic E-state index is 12.4. The van der Waals surface area contributed by atoms with Gasteiger partial charge < -0.3 is 14.8 Å². The van der Waals surface area contributed by atoms with Gasteiger partial charge in [0.15, 0.2) is 6.61 Å². The van der Waals surface area contributed by atoms with Crippen molar-refractivity contribution >= 4 is 33.2 Å². The molecule has 2 aliphatic heterocycles. The maximum Gasteiger partial charge on any atom is 0.262 e. The number of sulfonamides is 1. The lowest BCUT2D eigenvalue weighted by atomic mass is 10.2. The summed E-state index contributed by atoms with van der Waals surface area (Å²) in [6, 6.07) is 2.68. The zero-order chi connectivity index (χ0) is 15.7. The van der Waals surface area contributed by atoms with Gasteiger partial charge in [0.25, 0.3) is 5.91 Å². The Morgan fingerprint density at radius 3 is 2.95 bits per heavy atom. The third kappa shape index (κ3) is 3.19. The molecule has 3 rings (SSSR count). The van der Waals surface area contributed by atoms with Crippen LogP contribution < -0.4 is 14.8 Å². The van der Waals surface area contributed by atoms with Crippen molar-refractivity contribution in [3.8, 4) is 5.75 Å². The molecule has 9 heteroatoms. The molecule has 22 heavy (non-hydrogen) atoms. The average Bonchev–Trinajstić information content (AvgIpc) is 2.97. The van der Waals surface area contributed by atoms with Crippen LogP contribution in [0.4, 0.5) is 5.69 Å². The largest absolute Gasteiger partial charge is 0.482 e. The molecule has 1 aromatic rings. The zero-order valence-electron chi connectivity index (χ0n) is 11.6. The molecule has 0 radical (unpaired) electrons. The van der Waals surface area contributed by atoms with Crippen molar-refractivity contribution in [2.45, 2.75) is 23.8 Å². The van der Waals surface area contributed by atoms with Gasteiger partial charge in [-0.2, -0.15) is 0 Å². The lowest BCUT2D eigenvalue weighted by Gasteiger charge is -2.20. The first-order chi connectivity index (χ1) is 10.5. The van der Waals surface area contributed by atoms with Gasteiger partial charge in [0, 0.05) is 19.2 Å². The number of rotatable bonds is 4. The normalized spacial score (nSPS) is 21.1. The number of halogens is 1. The zero-order valence-corrected chi connectivity index (χ0v) is 13.2. The minimum atomic E-state index is -3.78. The van der Waals surface area contributed by atoms with E-state index >= 15 is 0 Å². The minimum absolute atomic E-state index is 0.0180. The maximum atomic E-state index is 12.4. The second kappa shape index (κ2) is 6.04. The van der Waals surface area contributed by atoms with E-state index in [1.807, 2.05) is 0 Å². The number of amides is 1. The summed E-state index contributed by atoms with van der Waals surface area (Å²) < 4.78 is 37.8. The molecule has 1 atom stereocenters. The highest BCUT2D eigenvalue weighted by atomic mass is 35.5. The highest BCUT2D eigenvalue weighted by Crippen LogP contribution is 2.35. The van der Waals surface area contributed by atoms with Gasteiger partial charge in [-0.3, -0.25) is 4.79 Å². The highest BCUT2D eigenvalue weighted by molar-refractivity contribution is 7.89. The molecule has 120 valence electrons. The molecule has 1 unspecified atom stereocenters. The third-order valence-corrected chi connectivity index (χ3v) is 5.37. The van der Waals surface area contributed by atoms with E-state index in [9.17, 15) is 13.2 Å². The van der Waals surface area contributed by atoms with Gasteiger partial charge in [-0.15, -0.1) is 0 Å². The average molecular weight is 347 g/mol. The van der Waals surface area contributed by atoms with Crippen LogP contribution in [0.5, 0.6) is 5.75 Å². The first kappa shape index (κ1) is 15.5. The number of nitrogens with one attached hydrogen (secondary N) is 2. The van der Waals surface area contributed by atoms with E-state index in [0.29, 0.717) is 12.3 Å². The summed E-state index contributed by atoms with van der Waals surface area (Å²) in [6.07, 6.45) is 1.65. The Morgan fingerprint density at radius 2 is 2.23 bits per heavy atom. The first-order valence-electron chi connectivity index (χ1n) is 6.83. The van der Waals surface area contributed by atoms with Crippen molar-refractivity contribution < 1.29 is 22.7 Å². The van der Waals surface area contributed by atoms with Gasteiger partial charge in [0.1, 0.15) is 10.6 Å². The smallest absolute Gasteiger partial charge is 0.262 e. The Hall–Kier alpha value is -1.35. The number of carbonyl (C=O) groups is 1. The van der Waals surface area contributed by atoms with Crippen LogP contribution in [-0.2, 0) is 19.6 Å². The predicted octanol–water partition coefficient (Wildman–Crippen LogP) is 1.13. The lowest BCUT2D eigenvalue weighted by molar-refractivity contribution is -0.118. The molecule has 2 N–H and O–H groups in total. The molecule has 0 aliphatic carbocycles. The molecule has 1 amide bonds. The number of hydrogen-bond acceptors (Lipinski definition) is 5. The molecule has 1 saturated heterocycles. The molecule has 0 aromatic heterocycles. The first-order valence-corrected chi connectivity index (χ1v) is 8.69. The second-order valence-electron chi connectivity index (χ2n) is 5.10. The molecule has 2 heterocycles. The van der Waals surface area contributed by atoms with Crippen LogP contribution in [0.25, 0.3) is 0 Å². The van der Waals surface area contributed by atoms with Crippen molar-refractivity contribution in [2.75, 3.05) is 25.1 Å². The van der Waals surface area contributed by atoms with Crippen molar-refractivity contribution in [1.29, 1.82) is 0 Å². The number of benzene rings is 1. The van der Waals surface area contributed by atoms with Crippen molar-refractivity contribution in [3.05, 3.63) is 17.2 Å². The standard InChI is InChI=1S/C13H15ClN2O5S/c14-9-4-10-11(21-7-13(17)16-10)5-12(9)22(18,19)15-6-8-2-1-3-20-8/h4-5,8,15H,1-3,6-7H2,(H,16,17). The van der Waals surface area contributed by atoms with E-state index in [1.165, 1.54) is 12.1 Å². The fourth-order valence-corrected chi connectivity index (χ4v) is 3.98. The van der Waals surface area contributed by atoms with Crippen LogP contribution in [0, 0.1) is 0 Å². The second-order valence-corrected chi connectivity index (χ2v) is 7.25. The van der Waals surface area contributed by atoms with Gasteiger partial charge in [0.2, 0.25) is 10.0 Å². The Morgan fingerprint density at radius 1 is 1.41 bits per heavy atom. The van der Waals surface area contributed by atoms with Crippen molar-refractivity contribution in [1.82, 2.24) is 4.72 Å². The fraction of sp³-hybridized carbons (Fsp3) is 0.462. The number of ether oxygens (including phenoxy) is 2. The van der Waals surface area contributed by atoms with E-state index < -0.39 is 10.0 Å². The summed E-state index contributed by atoms with van der Waals surface area (Å²) in [6.45, 7) is 0.699. The summed E-state index contributed by atoms with van der Waals surface area (Å²) in [5, 5.41) is 2.59. The van der Waals surface area contributed by atoms with E-state index in [4.69, 9.17) is 21.1 Å². The fourth-order valence-electron chi connectivity index (χ4n) is 2.37. The van der Waals surface area contributed by atoms with E-state index in [1.54, 1.807) is 0 Å². The molecule has 0 saturated carbocycles. The summed E-state index contributed by atoms with van der Waals surface area (Å²) in [4.78, 5) is 11.2. The number of carbonyl (C=O) groups excluding carboxylic acids is 1. The Bertz CT molecular complexity index is 701. The van der Waals surface area contributed by atoms with E-state index in [-0.39, 0.29) is 40.8 Å². The SMILES string of the molecule is O=C1COc2cc(S(=O)(=O)NCC3CCCO3)c(Cl)cc2N1. The number of hydrogen-bond donors (Lipinski definition) is 2. The van der Waals surface area contributed by atoms with Gasteiger partial charge in [-0.1, -0.05) is 11.6 Å². The Labute approximate surface area is 133 Å². The van der Waals surface area contributed by atoms with Gasteiger partial charge in [0.05, 0.1) is 16.8 Å². The third-order valence-electron chi connectivity index (χ3n) is 3.48. The van der Waals surface area contributed by atoms with Crippen LogP contribution in [0.2, 0.25) is 5.02 Å². The molecule has 7 nitrogen and oxygen atoms in total. The van der Waals surface area contributed by atoms with Crippen molar-refractivity contribution in [2.24, 2.45) is 0 Å². The summed E-state index contributed by atoms with van der Waals surface area (Å²) in [7, 11) is -3.78.